The highest BCUT2D eigenvalue weighted by molar-refractivity contribution is 7.89. The van der Waals surface area contributed by atoms with E-state index in [9.17, 15) is 8.42 Å². The van der Waals surface area contributed by atoms with Gasteiger partial charge in [0.15, 0.2) is 0 Å². The second-order valence-corrected chi connectivity index (χ2v) is 7.73. The van der Waals surface area contributed by atoms with Crippen LogP contribution in [0.5, 0.6) is 0 Å². The average molecular weight is 357 g/mol. The minimum Gasteiger partial charge on any atom is -0.301 e. The van der Waals surface area contributed by atoms with Gasteiger partial charge in [0.2, 0.25) is 10.0 Å². The van der Waals surface area contributed by atoms with Crippen LogP contribution in [0.4, 0.5) is 0 Å². The monoisotopic (exact) mass is 356 g/mol. The number of nitrogens with one attached hydrogen (secondary N) is 2. The molecule has 1 aromatic heterocycles. The normalized spacial score (nSPS) is 13.5. The van der Waals surface area contributed by atoms with Crippen LogP contribution in [0.2, 0.25) is 5.02 Å². The van der Waals surface area contributed by atoms with Gasteiger partial charge in [0.1, 0.15) is 4.90 Å². The second-order valence-electron chi connectivity index (χ2n) is 5.62. The molecule has 8 heteroatoms. The highest BCUT2D eigenvalue weighted by atomic mass is 35.5. The number of nitrogens with zero attached hydrogens (tertiary/aromatic N) is 2. The van der Waals surface area contributed by atoms with Gasteiger partial charge in [-0.15, -0.1) is 0 Å². The van der Waals surface area contributed by atoms with Gasteiger partial charge in [0.25, 0.3) is 0 Å². The number of aromatic nitrogens is 2. The number of benzene rings is 1. The fourth-order valence-electron chi connectivity index (χ4n) is 2.51. The molecule has 0 saturated carbocycles. The maximum atomic E-state index is 12.6. The Balaban J connectivity index is 2.25. The van der Waals surface area contributed by atoms with Gasteiger partial charge in [-0.1, -0.05) is 29.8 Å². The van der Waals surface area contributed by atoms with Gasteiger partial charge < -0.3 is 4.90 Å². The highest BCUT2D eigenvalue weighted by Crippen LogP contribution is 2.26. The number of aromatic amines is 1. The van der Waals surface area contributed by atoms with Gasteiger partial charge in [-0.05, 0) is 39.6 Å². The average Bonchev–Trinajstić information content (AvgIpc) is 2.80. The van der Waals surface area contributed by atoms with Gasteiger partial charge in [0, 0.05) is 17.6 Å². The minimum atomic E-state index is -3.64. The van der Waals surface area contributed by atoms with Crippen LogP contribution in [-0.2, 0) is 10.0 Å². The lowest BCUT2D eigenvalue weighted by atomic mass is 10.1. The van der Waals surface area contributed by atoms with Crippen LogP contribution >= 0.6 is 11.6 Å². The Morgan fingerprint density at radius 2 is 1.96 bits per heavy atom. The van der Waals surface area contributed by atoms with Crippen molar-refractivity contribution < 1.29 is 8.42 Å². The van der Waals surface area contributed by atoms with Crippen molar-refractivity contribution in [3.8, 4) is 0 Å². The van der Waals surface area contributed by atoms with Crippen LogP contribution < -0.4 is 4.72 Å². The second kappa shape index (κ2) is 7.00. The number of aryl methyl sites for hydroxylation is 2. The molecule has 6 nitrogen and oxygen atoms in total. The third-order valence-corrected chi connectivity index (χ3v) is 5.71. The van der Waals surface area contributed by atoms with Crippen molar-refractivity contribution >= 4 is 21.6 Å². The number of rotatable bonds is 6. The van der Waals surface area contributed by atoms with E-state index >= 15 is 0 Å². The van der Waals surface area contributed by atoms with Crippen LogP contribution in [0.15, 0.2) is 29.2 Å². The number of likely N-dealkylation sites (N-methyl/N-ethyl adjacent to an activating group) is 1. The summed E-state index contributed by atoms with van der Waals surface area (Å²) in [6, 6.07) is 7.25. The molecule has 0 fully saturated rings. The van der Waals surface area contributed by atoms with Crippen molar-refractivity contribution in [3.05, 3.63) is 46.2 Å². The van der Waals surface area contributed by atoms with Gasteiger partial charge in [-0.25, -0.2) is 13.1 Å². The molecule has 0 radical (unpaired) electrons. The van der Waals surface area contributed by atoms with E-state index < -0.39 is 10.0 Å². The molecule has 0 aliphatic carbocycles. The third-order valence-electron chi connectivity index (χ3n) is 3.68. The molecule has 126 valence electrons. The Bertz CT molecular complexity index is 767. The van der Waals surface area contributed by atoms with Crippen molar-refractivity contribution in [1.29, 1.82) is 0 Å². The van der Waals surface area contributed by atoms with Gasteiger partial charge in [-0.3, -0.25) is 5.10 Å². The molecular weight excluding hydrogens is 336 g/mol. The predicted molar refractivity (Wildman–Crippen MR) is 91.1 cm³/mol. The molecule has 1 aromatic carbocycles. The predicted octanol–water partition coefficient (Wildman–Crippen LogP) is 2.26. The van der Waals surface area contributed by atoms with E-state index in [1.54, 1.807) is 19.9 Å². The fraction of sp³-hybridized carbons (Fsp3) is 0.400. The molecule has 2 aromatic rings. The van der Waals surface area contributed by atoms with Crippen LogP contribution in [0.1, 0.15) is 23.0 Å². The van der Waals surface area contributed by atoms with Crippen LogP contribution in [0.3, 0.4) is 0 Å². The molecule has 23 heavy (non-hydrogen) atoms. The van der Waals surface area contributed by atoms with E-state index in [2.05, 4.69) is 14.9 Å². The molecule has 0 spiro atoms. The van der Waals surface area contributed by atoms with Crippen LogP contribution in [-0.4, -0.2) is 44.2 Å². The van der Waals surface area contributed by atoms with E-state index in [0.29, 0.717) is 16.4 Å². The zero-order valence-electron chi connectivity index (χ0n) is 13.6. The van der Waals surface area contributed by atoms with Crippen molar-refractivity contribution in [3.63, 3.8) is 0 Å². The lowest BCUT2D eigenvalue weighted by Gasteiger charge is -2.26. The van der Waals surface area contributed by atoms with E-state index in [1.165, 1.54) is 0 Å². The summed E-state index contributed by atoms with van der Waals surface area (Å²) in [6.45, 7) is 3.56. The Morgan fingerprint density at radius 1 is 1.30 bits per heavy atom. The molecule has 1 unspecified atom stereocenters. The maximum Gasteiger partial charge on any atom is 0.244 e. The van der Waals surface area contributed by atoms with E-state index in [4.69, 9.17) is 11.6 Å². The zero-order valence-corrected chi connectivity index (χ0v) is 15.2. The van der Waals surface area contributed by atoms with Crippen LogP contribution in [0, 0.1) is 13.8 Å². The van der Waals surface area contributed by atoms with Crippen molar-refractivity contribution in [1.82, 2.24) is 19.8 Å². The number of sulfonamides is 1. The summed E-state index contributed by atoms with van der Waals surface area (Å²) >= 11 is 6.24. The standard InChI is InChI=1S/C15H21ClN4O2S/c1-10-15(11(2)19-18-10)23(21,22)17-9-14(20(3)4)12-7-5-6-8-13(12)16/h5-8,14,17H,9H2,1-4H3,(H,18,19). The topological polar surface area (TPSA) is 78.1 Å². The highest BCUT2D eigenvalue weighted by Gasteiger charge is 2.25. The molecule has 1 atom stereocenters. The quantitative estimate of drug-likeness (QED) is 0.832. The molecule has 2 N–H and O–H groups in total. The number of H-pyrrole nitrogens is 1. The molecule has 0 aliphatic heterocycles. The smallest absolute Gasteiger partial charge is 0.244 e. The van der Waals surface area contributed by atoms with Gasteiger partial charge in [-0.2, -0.15) is 5.10 Å². The minimum absolute atomic E-state index is 0.175. The molecule has 0 amide bonds. The first-order valence-electron chi connectivity index (χ1n) is 7.16. The molecule has 0 saturated heterocycles. The first-order chi connectivity index (χ1) is 10.7. The first-order valence-corrected chi connectivity index (χ1v) is 9.02. The lowest BCUT2D eigenvalue weighted by Crippen LogP contribution is -2.35. The summed E-state index contributed by atoms with van der Waals surface area (Å²) in [5.41, 5.74) is 1.85. The number of hydrogen-bond donors (Lipinski definition) is 2. The largest absolute Gasteiger partial charge is 0.301 e. The van der Waals surface area contributed by atoms with Crippen molar-refractivity contribution in [2.24, 2.45) is 0 Å². The van der Waals surface area contributed by atoms with Crippen molar-refractivity contribution in [2.75, 3.05) is 20.6 Å². The molecule has 0 bridgehead atoms. The summed E-state index contributed by atoms with van der Waals surface area (Å²) in [5, 5.41) is 7.25. The zero-order chi connectivity index (χ0) is 17.2. The van der Waals surface area contributed by atoms with E-state index in [-0.39, 0.29) is 17.5 Å². The van der Waals surface area contributed by atoms with Gasteiger partial charge in [0.05, 0.1) is 11.4 Å². The van der Waals surface area contributed by atoms with E-state index in [0.717, 1.165) is 5.56 Å². The summed E-state index contributed by atoms with van der Waals surface area (Å²) in [6.07, 6.45) is 0. The van der Waals surface area contributed by atoms with Crippen molar-refractivity contribution in [2.45, 2.75) is 24.8 Å². The first kappa shape index (κ1) is 17.9. The van der Waals surface area contributed by atoms with E-state index in [1.807, 2.05) is 37.2 Å². The summed E-state index contributed by atoms with van der Waals surface area (Å²) in [4.78, 5) is 2.13. The molecule has 2 rings (SSSR count). The maximum absolute atomic E-state index is 12.6. The van der Waals surface area contributed by atoms with Crippen LogP contribution in [0.25, 0.3) is 0 Å². The Hall–Kier alpha value is -1.41. The number of hydrogen-bond acceptors (Lipinski definition) is 4. The Morgan fingerprint density at radius 3 is 2.48 bits per heavy atom. The third kappa shape index (κ3) is 3.92. The molecule has 0 aliphatic rings. The summed E-state index contributed by atoms with van der Waals surface area (Å²) < 4.78 is 27.8. The fourth-order valence-corrected chi connectivity index (χ4v) is 4.18. The Kier molecular flexibility index (Phi) is 5.46. The Labute approximate surface area is 141 Å². The molecular formula is C15H21ClN4O2S. The lowest BCUT2D eigenvalue weighted by molar-refractivity contribution is 0.299. The summed E-state index contributed by atoms with van der Waals surface area (Å²) in [5.74, 6) is 0. The SMILES string of the molecule is Cc1n[nH]c(C)c1S(=O)(=O)NCC(c1ccccc1Cl)N(C)C. The van der Waals surface area contributed by atoms with Gasteiger partial charge >= 0.3 is 0 Å². The number of halogens is 1. The summed E-state index contributed by atoms with van der Waals surface area (Å²) in [7, 11) is 0.130. The molecule has 1 heterocycles.